The number of carbonyl (C=O) groups is 1. The van der Waals surface area contributed by atoms with E-state index in [1.807, 2.05) is 0 Å². The summed E-state index contributed by atoms with van der Waals surface area (Å²) in [4.78, 5) is 13.9. The molecular weight excluding hydrogens is 230 g/mol. The van der Waals surface area contributed by atoms with Gasteiger partial charge in [0.1, 0.15) is 0 Å². The van der Waals surface area contributed by atoms with E-state index in [-0.39, 0.29) is 12.0 Å². The summed E-state index contributed by atoms with van der Waals surface area (Å²) in [5.74, 6) is 0.556. The summed E-state index contributed by atoms with van der Waals surface area (Å²) in [5.41, 5.74) is 0. The van der Waals surface area contributed by atoms with Gasteiger partial charge in [0, 0.05) is 26.2 Å². The smallest absolute Gasteiger partial charge is 0.233 e. The summed E-state index contributed by atoms with van der Waals surface area (Å²) in [6, 6.07) is 0. The third-order valence-electron chi connectivity index (χ3n) is 3.04. The van der Waals surface area contributed by atoms with E-state index >= 15 is 0 Å². The molecule has 1 rings (SSSR count). The molecule has 18 heavy (non-hydrogen) atoms. The molecule has 1 aliphatic heterocycles. The van der Waals surface area contributed by atoms with Crippen molar-refractivity contribution in [1.82, 2.24) is 15.5 Å². The molecule has 5 nitrogen and oxygen atoms in total. The quantitative estimate of drug-likeness (QED) is 0.678. The number of nitrogens with zero attached hydrogens (tertiary/aromatic N) is 1. The zero-order chi connectivity index (χ0) is 13.4. The first-order valence-electron chi connectivity index (χ1n) is 6.93. The highest BCUT2D eigenvalue weighted by Gasteiger charge is 2.18. The number of rotatable bonds is 7. The minimum atomic E-state index is 0.0619. The van der Waals surface area contributed by atoms with Gasteiger partial charge in [-0.15, -0.1) is 0 Å². The molecule has 0 aromatic rings. The maximum absolute atomic E-state index is 11.5. The zero-order valence-corrected chi connectivity index (χ0v) is 11.9. The van der Waals surface area contributed by atoms with Crippen molar-refractivity contribution in [2.24, 2.45) is 5.92 Å². The van der Waals surface area contributed by atoms with E-state index in [1.165, 1.54) is 0 Å². The minimum absolute atomic E-state index is 0.0619. The molecule has 1 fully saturated rings. The van der Waals surface area contributed by atoms with E-state index in [4.69, 9.17) is 4.74 Å². The van der Waals surface area contributed by atoms with Crippen LogP contribution in [0.25, 0.3) is 0 Å². The summed E-state index contributed by atoms with van der Waals surface area (Å²) < 4.78 is 5.65. The molecule has 0 radical (unpaired) electrons. The monoisotopic (exact) mass is 257 g/mol. The highest BCUT2D eigenvalue weighted by molar-refractivity contribution is 5.77. The van der Waals surface area contributed by atoms with Crippen molar-refractivity contribution >= 4 is 5.91 Å². The van der Waals surface area contributed by atoms with Gasteiger partial charge in [-0.3, -0.25) is 9.69 Å². The number of hydrogen-bond acceptors (Lipinski definition) is 4. The van der Waals surface area contributed by atoms with Crippen molar-refractivity contribution in [3.63, 3.8) is 0 Å². The molecule has 1 unspecified atom stereocenters. The first-order chi connectivity index (χ1) is 8.61. The fourth-order valence-corrected chi connectivity index (χ4v) is 1.92. The molecule has 0 aromatic carbocycles. The van der Waals surface area contributed by atoms with E-state index < -0.39 is 0 Å². The molecular formula is C13H27N3O2. The first-order valence-corrected chi connectivity index (χ1v) is 6.93. The van der Waals surface area contributed by atoms with Crippen LogP contribution in [0.5, 0.6) is 0 Å². The second-order valence-corrected chi connectivity index (χ2v) is 5.21. The number of morpholine rings is 1. The van der Waals surface area contributed by atoms with Crippen LogP contribution in [-0.2, 0) is 9.53 Å². The standard InChI is InChI=1S/C13H27N3O2/c1-4-16-5-6-18-12(10-16)8-14-9-13(17)15-7-11(2)3/h11-12,14H,4-10H2,1-3H3,(H,15,17). The lowest BCUT2D eigenvalue weighted by atomic mass is 10.2. The van der Waals surface area contributed by atoms with E-state index in [1.54, 1.807) is 0 Å². The van der Waals surface area contributed by atoms with Crippen LogP contribution in [0, 0.1) is 5.92 Å². The van der Waals surface area contributed by atoms with Gasteiger partial charge in [-0.2, -0.15) is 0 Å². The van der Waals surface area contributed by atoms with Crippen molar-refractivity contribution in [3.05, 3.63) is 0 Å². The summed E-state index contributed by atoms with van der Waals surface area (Å²) in [6.07, 6.45) is 0.205. The summed E-state index contributed by atoms with van der Waals surface area (Å²) >= 11 is 0. The van der Waals surface area contributed by atoms with E-state index in [0.717, 1.165) is 39.3 Å². The molecule has 1 amide bonds. The Morgan fingerprint density at radius 3 is 2.94 bits per heavy atom. The fraction of sp³-hybridized carbons (Fsp3) is 0.923. The van der Waals surface area contributed by atoms with Crippen molar-refractivity contribution in [3.8, 4) is 0 Å². The molecule has 0 spiro atoms. The molecule has 1 atom stereocenters. The van der Waals surface area contributed by atoms with Gasteiger partial charge in [0.25, 0.3) is 0 Å². The van der Waals surface area contributed by atoms with Gasteiger partial charge < -0.3 is 15.4 Å². The van der Waals surface area contributed by atoms with Gasteiger partial charge in [-0.1, -0.05) is 20.8 Å². The van der Waals surface area contributed by atoms with Crippen molar-refractivity contribution in [2.45, 2.75) is 26.9 Å². The fourth-order valence-electron chi connectivity index (χ4n) is 1.92. The lowest BCUT2D eigenvalue weighted by Crippen LogP contribution is -2.47. The van der Waals surface area contributed by atoms with Gasteiger partial charge in [-0.05, 0) is 12.5 Å². The van der Waals surface area contributed by atoms with Crippen LogP contribution < -0.4 is 10.6 Å². The lowest BCUT2D eigenvalue weighted by Gasteiger charge is -2.32. The van der Waals surface area contributed by atoms with Crippen LogP contribution in [0.3, 0.4) is 0 Å². The Morgan fingerprint density at radius 2 is 2.28 bits per heavy atom. The largest absolute Gasteiger partial charge is 0.374 e. The van der Waals surface area contributed by atoms with Crippen LogP contribution in [0.2, 0.25) is 0 Å². The summed E-state index contributed by atoms with van der Waals surface area (Å²) in [7, 11) is 0. The third-order valence-corrected chi connectivity index (χ3v) is 3.04. The number of ether oxygens (including phenoxy) is 1. The molecule has 2 N–H and O–H groups in total. The molecule has 5 heteroatoms. The molecule has 106 valence electrons. The first kappa shape index (κ1) is 15.4. The number of hydrogen-bond donors (Lipinski definition) is 2. The van der Waals surface area contributed by atoms with Crippen LogP contribution in [0.15, 0.2) is 0 Å². The predicted octanol–water partition coefficient (Wildman–Crippen LogP) is 0.0689. The maximum Gasteiger partial charge on any atom is 0.233 e. The van der Waals surface area contributed by atoms with E-state index in [2.05, 4.69) is 36.3 Å². The Bertz CT molecular complexity index is 246. The van der Waals surface area contributed by atoms with Crippen molar-refractivity contribution < 1.29 is 9.53 Å². The number of carbonyl (C=O) groups excluding carboxylic acids is 1. The Balaban J connectivity index is 2.08. The van der Waals surface area contributed by atoms with E-state index in [9.17, 15) is 4.79 Å². The molecule has 1 saturated heterocycles. The Hall–Kier alpha value is -0.650. The second kappa shape index (κ2) is 8.45. The van der Waals surface area contributed by atoms with Gasteiger partial charge in [-0.25, -0.2) is 0 Å². The highest BCUT2D eigenvalue weighted by atomic mass is 16.5. The van der Waals surface area contributed by atoms with E-state index in [0.29, 0.717) is 12.5 Å². The third kappa shape index (κ3) is 6.33. The van der Waals surface area contributed by atoms with Crippen LogP contribution in [0.4, 0.5) is 0 Å². The Kier molecular flexibility index (Phi) is 7.23. The molecule has 0 bridgehead atoms. The number of amides is 1. The minimum Gasteiger partial charge on any atom is -0.374 e. The number of likely N-dealkylation sites (N-methyl/N-ethyl adjacent to an activating group) is 1. The Labute approximate surface area is 110 Å². The van der Waals surface area contributed by atoms with Crippen molar-refractivity contribution in [1.29, 1.82) is 0 Å². The highest BCUT2D eigenvalue weighted by Crippen LogP contribution is 2.03. The molecule has 0 aliphatic carbocycles. The topological polar surface area (TPSA) is 53.6 Å². The normalized spacial score (nSPS) is 21.2. The predicted molar refractivity (Wildman–Crippen MR) is 72.6 cm³/mol. The lowest BCUT2D eigenvalue weighted by molar-refractivity contribution is -0.120. The number of nitrogens with one attached hydrogen (secondary N) is 2. The zero-order valence-electron chi connectivity index (χ0n) is 11.9. The SMILES string of the molecule is CCN1CCOC(CNCC(=O)NCC(C)C)C1. The molecule has 0 saturated carbocycles. The van der Waals surface area contributed by atoms with Crippen LogP contribution in [0.1, 0.15) is 20.8 Å². The van der Waals surface area contributed by atoms with Gasteiger partial charge >= 0.3 is 0 Å². The second-order valence-electron chi connectivity index (χ2n) is 5.21. The average molecular weight is 257 g/mol. The average Bonchev–Trinajstić information content (AvgIpc) is 2.36. The van der Waals surface area contributed by atoms with Crippen LogP contribution in [-0.4, -0.2) is 62.8 Å². The molecule has 1 aliphatic rings. The Morgan fingerprint density at radius 1 is 1.50 bits per heavy atom. The van der Waals surface area contributed by atoms with Gasteiger partial charge in [0.05, 0.1) is 19.3 Å². The summed E-state index contributed by atoms with van der Waals surface area (Å²) in [6.45, 7) is 12.0. The van der Waals surface area contributed by atoms with Gasteiger partial charge in [0.15, 0.2) is 0 Å². The van der Waals surface area contributed by atoms with Crippen molar-refractivity contribution in [2.75, 3.05) is 45.9 Å². The molecule has 1 heterocycles. The maximum atomic E-state index is 11.5. The molecule has 0 aromatic heterocycles. The summed E-state index contributed by atoms with van der Waals surface area (Å²) in [5, 5.41) is 6.05. The van der Waals surface area contributed by atoms with Gasteiger partial charge in [0.2, 0.25) is 5.91 Å². The van der Waals surface area contributed by atoms with Crippen LogP contribution >= 0.6 is 0 Å².